The molecule has 0 amide bonds. The highest BCUT2D eigenvalue weighted by molar-refractivity contribution is 7.25. The quantitative estimate of drug-likeness (QED) is 0.136. The van der Waals surface area contributed by atoms with Gasteiger partial charge in [-0.3, -0.25) is 0 Å². The summed E-state index contributed by atoms with van der Waals surface area (Å²) in [6.07, 6.45) is 0. The molecule has 0 fully saturated rings. The Morgan fingerprint density at radius 1 is 0.260 bits per heavy atom. The SMILES string of the molecule is c1ccc(-c2cc(-c3ccc4c(c3)oc3ccc(-c5ccc6c7ccccc7n(-c7ccccc7)c6c5)cc34)cc(N(c3cccc(N(c4ccccc4)c4ccccc4)c3)c3ccc4sc5ccccc5c4c3)c2)cc1. The second-order valence-electron chi connectivity index (χ2n) is 19.7. The Balaban J connectivity index is 0.880. The lowest BCUT2D eigenvalue weighted by molar-refractivity contribution is 0.669. The van der Waals surface area contributed by atoms with Gasteiger partial charge in [0.15, 0.2) is 0 Å². The largest absolute Gasteiger partial charge is 0.456 e. The Morgan fingerprint density at radius 3 is 1.56 bits per heavy atom. The number of hydrogen-bond acceptors (Lipinski definition) is 4. The summed E-state index contributed by atoms with van der Waals surface area (Å²) in [5.41, 5.74) is 18.3. The fourth-order valence-corrected chi connectivity index (χ4v) is 12.6. The van der Waals surface area contributed by atoms with Crippen LogP contribution in [0.4, 0.5) is 34.1 Å². The monoisotopic (exact) mass is 1000 g/mol. The molecule has 0 aliphatic heterocycles. The molecule has 0 aliphatic carbocycles. The van der Waals surface area contributed by atoms with E-state index in [9.17, 15) is 0 Å². The second-order valence-corrected chi connectivity index (χ2v) is 20.8. The van der Waals surface area contributed by atoms with Crippen molar-refractivity contribution in [1.29, 1.82) is 0 Å². The number of aromatic nitrogens is 1. The molecule has 0 aliphatic rings. The Kier molecular flexibility index (Phi) is 10.7. The summed E-state index contributed by atoms with van der Waals surface area (Å²) in [6, 6.07) is 103. The van der Waals surface area contributed by atoms with Crippen LogP contribution in [0.15, 0.2) is 290 Å². The zero-order valence-electron chi connectivity index (χ0n) is 41.8. The van der Waals surface area contributed by atoms with Crippen LogP contribution in [0.1, 0.15) is 0 Å². The first kappa shape index (κ1) is 44.5. The van der Waals surface area contributed by atoms with Crippen molar-refractivity contribution >= 4 is 109 Å². The zero-order chi connectivity index (χ0) is 50.8. The van der Waals surface area contributed by atoms with Crippen molar-refractivity contribution in [2.75, 3.05) is 9.80 Å². The van der Waals surface area contributed by atoms with Crippen molar-refractivity contribution in [3.8, 4) is 39.1 Å². The van der Waals surface area contributed by atoms with Crippen molar-refractivity contribution in [2.45, 2.75) is 0 Å². The van der Waals surface area contributed by atoms with E-state index in [4.69, 9.17) is 4.42 Å². The summed E-state index contributed by atoms with van der Waals surface area (Å²) in [5, 5.41) is 7.17. The Bertz CT molecular complexity index is 4650. The Hall–Kier alpha value is -9.94. The van der Waals surface area contributed by atoms with E-state index < -0.39 is 0 Å². The van der Waals surface area contributed by atoms with Crippen LogP contribution in [-0.4, -0.2) is 4.57 Å². The first-order chi connectivity index (χ1) is 38.1. The molecule has 0 atom stereocenters. The third kappa shape index (κ3) is 7.83. The summed E-state index contributed by atoms with van der Waals surface area (Å²) < 4.78 is 11.7. The summed E-state index contributed by atoms with van der Waals surface area (Å²) in [7, 11) is 0. The molecule has 0 bridgehead atoms. The van der Waals surface area contributed by atoms with Crippen molar-refractivity contribution < 1.29 is 4.42 Å². The van der Waals surface area contributed by atoms with Crippen LogP contribution in [0.25, 0.3) is 103 Å². The average molecular weight is 1000 g/mol. The summed E-state index contributed by atoms with van der Waals surface area (Å²) >= 11 is 1.84. The van der Waals surface area contributed by atoms with Crippen molar-refractivity contribution in [1.82, 2.24) is 4.57 Å². The van der Waals surface area contributed by atoms with Gasteiger partial charge in [0.05, 0.1) is 11.0 Å². The van der Waals surface area contributed by atoms with E-state index in [1.54, 1.807) is 0 Å². The summed E-state index contributed by atoms with van der Waals surface area (Å²) in [4.78, 5) is 4.76. The minimum atomic E-state index is 0.849. The number of rotatable bonds is 10. The van der Waals surface area contributed by atoms with Crippen LogP contribution in [0.5, 0.6) is 0 Å². The fourth-order valence-electron chi connectivity index (χ4n) is 11.5. The molecule has 15 rings (SSSR count). The number of anilines is 6. The van der Waals surface area contributed by atoms with Crippen molar-refractivity contribution in [3.05, 3.63) is 285 Å². The topological polar surface area (TPSA) is 24.6 Å². The number of hydrogen-bond donors (Lipinski definition) is 0. The van der Waals surface area contributed by atoms with Gasteiger partial charge < -0.3 is 18.8 Å². The van der Waals surface area contributed by atoms with Gasteiger partial charge in [-0.05, 0) is 167 Å². The van der Waals surface area contributed by atoms with Crippen molar-refractivity contribution in [2.24, 2.45) is 0 Å². The van der Waals surface area contributed by atoms with Crippen LogP contribution in [0, 0.1) is 0 Å². The number of furan rings is 1. The van der Waals surface area contributed by atoms with E-state index in [1.807, 2.05) is 11.3 Å². The van der Waals surface area contributed by atoms with Gasteiger partial charge in [0.1, 0.15) is 11.2 Å². The minimum absolute atomic E-state index is 0.849. The van der Waals surface area contributed by atoms with Gasteiger partial charge in [-0.25, -0.2) is 0 Å². The summed E-state index contributed by atoms with van der Waals surface area (Å²) in [5.74, 6) is 0. The molecule has 3 heterocycles. The predicted octanol–water partition coefficient (Wildman–Crippen LogP) is 21.0. The molecule has 362 valence electrons. The van der Waals surface area contributed by atoms with Gasteiger partial charge in [-0.2, -0.15) is 0 Å². The number of benzene rings is 12. The highest BCUT2D eigenvalue weighted by atomic mass is 32.1. The van der Waals surface area contributed by atoms with Gasteiger partial charge in [-0.1, -0.05) is 152 Å². The molecule has 0 spiro atoms. The number of para-hydroxylation sites is 4. The van der Waals surface area contributed by atoms with E-state index in [2.05, 4.69) is 299 Å². The maximum atomic E-state index is 6.78. The molecule has 0 radical (unpaired) electrons. The second kappa shape index (κ2) is 18.5. The van der Waals surface area contributed by atoms with Gasteiger partial charge in [0.25, 0.3) is 0 Å². The smallest absolute Gasteiger partial charge is 0.136 e. The molecule has 0 N–H and O–H groups in total. The lowest BCUT2D eigenvalue weighted by atomic mass is 9.96. The third-order valence-electron chi connectivity index (χ3n) is 15.1. The van der Waals surface area contributed by atoms with Gasteiger partial charge >= 0.3 is 0 Å². The molecule has 0 unspecified atom stereocenters. The average Bonchev–Trinajstić information content (AvgIpc) is 4.19. The lowest BCUT2D eigenvalue weighted by Crippen LogP contribution is -2.13. The molecule has 15 aromatic rings. The standard InChI is InChI=1S/C72H47N3OS/c1-5-18-48(19-6-1)52-40-53(51-33-37-63-65-43-49(34-38-69(65)76-70(63)45-51)50-32-36-62-61-28-13-15-30-67(61)75(68(62)44-50)56-24-11-4-12-25-56)42-60(41-52)74(59-35-39-72-66(47-59)64-29-14-16-31-71(64)77-72)58-27-17-26-57(46-58)73(54-20-7-2-8-21-54)55-22-9-3-10-23-55/h1-47H. The molecule has 0 saturated heterocycles. The van der Waals surface area contributed by atoms with E-state index in [1.165, 1.54) is 42.0 Å². The normalized spacial score (nSPS) is 11.6. The van der Waals surface area contributed by atoms with Crippen LogP contribution in [0.3, 0.4) is 0 Å². The maximum Gasteiger partial charge on any atom is 0.136 e. The fraction of sp³-hybridized carbons (Fsp3) is 0. The number of nitrogens with zero attached hydrogens (tertiary/aromatic N) is 3. The molecule has 5 heteroatoms. The molecule has 77 heavy (non-hydrogen) atoms. The Labute approximate surface area is 449 Å². The molecule has 12 aromatic carbocycles. The van der Waals surface area contributed by atoms with Crippen LogP contribution in [-0.2, 0) is 0 Å². The molecule has 4 nitrogen and oxygen atoms in total. The van der Waals surface area contributed by atoms with E-state index in [0.717, 1.165) is 95.1 Å². The molecule has 0 saturated carbocycles. The molecule has 3 aromatic heterocycles. The molecular formula is C72H47N3OS. The molecular weight excluding hydrogens is 955 g/mol. The van der Waals surface area contributed by atoms with Gasteiger partial charge in [-0.15, -0.1) is 11.3 Å². The Morgan fingerprint density at radius 2 is 0.805 bits per heavy atom. The lowest BCUT2D eigenvalue weighted by Gasteiger charge is -2.30. The van der Waals surface area contributed by atoms with Gasteiger partial charge in [0, 0.05) is 81.5 Å². The van der Waals surface area contributed by atoms with Crippen LogP contribution < -0.4 is 9.80 Å². The third-order valence-corrected chi connectivity index (χ3v) is 16.3. The number of thiophene rings is 1. The van der Waals surface area contributed by atoms with Crippen LogP contribution >= 0.6 is 11.3 Å². The maximum absolute atomic E-state index is 6.78. The minimum Gasteiger partial charge on any atom is -0.456 e. The van der Waals surface area contributed by atoms with Gasteiger partial charge in [0.2, 0.25) is 0 Å². The zero-order valence-corrected chi connectivity index (χ0v) is 42.6. The van der Waals surface area contributed by atoms with E-state index in [0.29, 0.717) is 0 Å². The summed E-state index contributed by atoms with van der Waals surface area (Å²) in [6.45, 7) is 0. The van der Waals surface area contributed by atoms with Crippen molar-refractivity contribution in [3.63, 3.8) is 0 Å². The first-order valence-corrected chi connectivity index (χ1v) is 26.9. The van der Waals surface area contributed by atoms with Crippen LogP contribution in [0.2, 0.25) is 0 Å². The number of fused-ring (bicyclic) bond motifs is 9. The predicted molar refractivity (Wildman–Crippen MR) is 327 cm³/mol. The highest BCUT2D eigenvalue weighted by Crippen LogP contribution is 2.46. The van der Waals surface area contributed by atoms with E-state index >= 15 is 0 Å². The first-order valence-electron chi connectivity index (χ1n) is 26.1. The van der Waals surface area contributed by atoms with E-state index in [-0.39, 0.29) is 0 Å². The highest BCUT2D eigenvalue weighted by Gasteiger charge is 2.21.